The molecule has 0 heterocycles. The van der Waals surface area contributed by atoms with Crippen molar-refractivity contribution in [3.8, 4) is 0 Å². The SMILES string of the molecule is Nc1ccc(Br)cc1S(=O)(=O)CCF. The molecule has 0 spiro atoms. The van der Waals surface area contributed by atoms with Crippen LogP contribution in [-0.2, 0) is 9.84 Å². The lowest BCUT2D eigenvalue weighted by Gasteiger charge is -2.05. The molecular formula is C8H9BrFNO2S. The Balaban J connectivity index is 3.25. The molecule has 0 aliphatic carbocycles. The molecule has 1 aromatic carbocycles. The van der Waals surface area contributed by atoms with Crippen LogP contribution in [0.25, 0.3) is 0 Å². The summed E-state index contributed by atoms with van der Waals surface area (Å²) in [6, 6.07) is 4.47. The molecule has 1 aromatic rings. The second-order valence-electron chi connectivity index (χ2n) is 2.69. The zero-order chi connectivity index (χ0) is 10.8. The number of hydrogen-bond donors (Lipinski definition) is 1. The highest BCUT2D eigenvalue weighted by Gasteiger charge is 2.17. The first-order valence-electron chi connectivity index (χ1n) is 3.81. The van der Waals surface area contributed by atoms with Gasteiger partial charge >= 0.3 is 0 Å². The van der Waals surface area contributed by atoms with E-state index in [1.165, 1.54) is 12.1 Å². The van der Waals surface area contributed by atoms with E-state index >= 15 is 0 Å². The highest BCUT2D eigenvalue weighted by atomic mass is 79.9. The molecule has 0 radical (unpaired) electrons. The molecule has 0 bridgehead atoms. The van der Waals surface area contributed by atoms with Crippen LogP contribution in [-0.4, -0.2) is 20.8 Å². The predicted molar refractivity (Wildman–Crippen MR) is 56.6 cm³/mol. The minimum atomic E-state index is -3.59. The molecule has 0 aromatic heterocycles. The van der Waals surface area contributed by atoms with Gasteiger partial charge < -0.3 is 5.73 Å². The van der Waals surface area contributed by atoms with E-state index in [0.717, 1.165) is 0 Å². The summed E-state index contributed by atoms with van der Waals surface area (Å²) in [5.41, 5.74) is 5.62. The molecule has 0 unspecified atom stereocenters. The van der Waals surface area contributed by atoms with E-state index in [9.17, 15) is 12.8 Å². The van der Waals surface area contributed by atoms with Crippen molar-refractivity contribution in [3.63, 3.8) is 0 Å². The van der Waals surface area contributed by atoms with E-state index in [0.29, 0.717) is 4.47 Å². The Morgan fingerprint density at radius 2 is 2.07 bits per heavy atom. The summed E-state index contributed by atoms with van der Waals surface area (Å²) >= 11 is 3.13. The van der Waals surface area contributed by atoms with Gasteiger partial charge in [-0.2, -0.15) is 0 Å². The normalized spacial score (nSPS) is 11.6. The molecule has 0 atom stereocenters. The first kappa shape index (κ1) is 11.5. The highest BCUT2D eigenvalue weighted by Crippen LogP contribution is 2.23. The maximum absolute atomic E-state index is 12.0. The van der Waals surface area contributed by atoms with E-state index in [4.69, 9.17) is 5.73 Å². The smallest absolute Gasteiger partial charge is 0.183 e. The van der Waals surface area contributed by atoms with Crippen molar-refractivity contribution in [1.29, 1.82) is 0 Å². The number of benzene rings is 1. The van der Waals surface area contributed by atoms with E-state index in [1.54, 1.807) is 6.07 Å². The molecule has 0 saturated carbocycles. The van der Waals surface area contributed by atoms with E-state index in [1.807, 2.05) is 0 Å². The van der Waals surface area contributed by atoms with Gasteiger partial charge in [-0.15, -0.1) is 0 Å². The molecule has 78 valence electrons. The van der Waals surface area contributed by atoms with Gasteiger partial charge in [0.2, 0.25) is 0 Å². The number of sulfone groups is 1. The lowest BCUT2D eigenvalue weighted by Crippen LogP contribution is -2.10. The van der Waals surface area contributed by atoms with Crippen molar-refractivity contribution in [2.24, 2.45) is 0 Å². The molecule has 0 aliphatic rings. The first-order valence-corrected chi connectivity index (χ1v) is 6.25. The van der Waals surface area contributed by atoms with Gasteiger partial charge in [-0.1, -0.05) is 15.9 Å². The Labute approximate surface area is 90.2 Å². The van der Waals surface area contributed by atoms with Gasteiger partial charge in [-0.3, -0.25) is 0 Å². The van der Waals surface area contributed by atoms with Crippen LogP contribution in [0, 0.1) is 0 Å². The number of rotatable bonds is 3. The Morgan fingerprint density at radius 1 is 1.43 bits per heavy atom. The van der Waals surface area contributed by atoms with Crippen molar-refractivity contribution < 1.29 is 12.8 Å². The second-order valence-corrected chi connectivity index (χ2v) is 5.68. The molecule has 3 nitrogen and oxygen atoms in total. The third-order valence-corrected chi connectivity index (χ3v) is 3.87. The third-order valence-electron chi connectivity index (χ3n) is 1.66. The van der Waals surface area contributed by atoms with Gasteiger partial charge in [0, 0.05) is 4.47 Å². The minimum Gasteiger partial charge on any atom is -0.398 e. The molecule has 0 fully saturated rings. The maximum Gasteiger partial charge on any atom is 0.183 e. The Bertz CT molecular complexity index is 433. The van der Waals surface area contributed by atoms with Crippen LogP contribution in [0.3, 0.4) is 0 Å². The van der Waals surface area contributed by atoms with Crippen molar-refractivity contribution in [3.05, 3.63) is 22.7 Å². The highest BCUT2D eigenvalue weighted by molar-refractivity contribution is 9.10. The number of anilines is 1. The Hall–Kier alpha value is -0.620. The fraction of sp³-hybridized carbons (Fsp3) is 0.250. The summed E-state index contributed by atoms with van der Waals surface area (Å²) < 4.78 is 35.5. The van der Waals surface area contributed by atoms with Gasteiger partial charge in [0.25, 0.3) is 0 Å². The van der Waals surface area contributed by atoms with Crippen molar-refractivity contribution in [2.75, 3.05) is 18.2 Å². The van der Waals surface area contributed by atoms with Gasteiger partial charge in [0.05, 0.1) is 16.3 Å². The fourth-order valence-electron chi connectivity index (χ4n) is 0.989. The summed E-state index contributed by atoms with van der Waals surface area (Å²) in [4.78, 5) is -0.0236. The van der Waals surface area contributed by atoms with Crippen LogP contribution in [0.1, 0.15) is 0 Å². The van der Waals surface area contributed by atoms with Gasteiger partial charge in [0.1, 0.15) is 6.67 Å². The number of nitrogen functional groups attached to an aromatic ring is 1. The van der Waals surface area contributed by atoms with Crippen LogP contribution in [0.5, 0.6) is 0 Å². The standard InChI is InChI=1S/C8H9BrFNO2S/c9-6-1-2-7(11)8(5-6)14(12,13)4-3-10/h1-2,5H,3-4,11H2. The van der Waals surface area contributed by atoms with Gasteiger partial charge in [-0.05, 0) is 18.2 Å². The number of halogens is 2. The molecular weight excluding hydrogens is 273 g/mol. The molecule has 0 saturated heterocycles. The molecule has 6 heteroatoms. The minimum absolute atomic E-state index is 0.0236. The lowest BCUT2D eigenvalue weighted by molar-refractivity contribution is 0.517. The fourth-order valence-corrected chi connectivity index (χ4v) is 2.66. The average molecular weight is 282 g/mol. The van der Waals surface area contributed by atoms with Crippen LogP contribution in [0.15, 0.2) is 27.6 Å². The van der Waals surface area contributed by atoms with Crippen LogP contribution in [0.2, 0.25) is 0 Å². The average Bonchev–Trinajstić information content (AvgIpc) is 2.09. The first-order chi connectivity index (χ1) is 6.47. The summed E-state index contributed by atoms with van der Waals surface area (Å²) in [6.07, 6.45) is 0. The second kappa shape index (κ2) is 4.27. The monoisotopic (exact) mass is 281 g/mol. The van der Waals surface area contributed by atoms with Crippen LogP contribution in [0.4, 0.5) is 10.1 Å². The summed E-state index contributed by atoms with van der Waals surface area (Å²) in [5.74, 6) is -0.534. The largest absolute Gasteiger partial charge is 0.398 e. The summed E-state index contributed by atoms with van der Waals surface area (Å²) in [7, 11) is -3.59. The number of nitrogens with two attached hydrogens (primary N) is 1. The lowest BCUT2D eigenvalue weighted by atomic mass is 10.3. The van der Waals surface area contributed by atoms with Crippen molar-refractivity contribution in [1.82, 2.24) is 0 Å². The summed E-state index contributed by atoms with van der Waals surface area (Å²) in [5, 5.41) is 0. The topological polar surface area (TPSA) is 60.2 Å². The van der Waals surface area contributed by atoms with Gasteiger partial charge in [-0.25, -0.2) is 12.8 Å². The molecule has 2 N–H and O–H groups in total. The summed E-state index contributed by atoms with van der Waals surface area (Å²) in [6.45, 7) is -0.908. The van der Waals surface area contributed by atoms with E-state index in [-0.39, 0.29) is 10.6 Å². The molecule has 14 heavy (non-hydrogen) atoms. The quantitative estimate of drug-likeness (QED) is 0.859. The Kier molecular flexibility index (Phi) is 3.49. The van der Waals surface area contributed by atoms with Crippen LogP contribution < -0.4 is 5.73 Å². The zero-order valence-electron chi connectivity index (χ0n) is 7.20. The van der Waals surface area contributed by atoms with E-state index < -0.39 is 22.3 Å². The van der Waals surface area contributed by atoms with Crippen molar-refractivity contribution in [2.45, 2.75) is 4.90 Å². The van der Waals surface area contributed by atoms with Crippen LogP contribution >= 0.6 is 15.9 Å². The molecule has 1 rings (SSSR count). The predicted octanol–water partition coefficient (Wildman–Crippen LogP) is 1.77. The Morgan fingerprint density at radius 3 is 2.64 bits per heavy atom. The maximum atomic E-state index is 12.0. The van der Waals surface area contributed by atoms with E-state index in [2.05, 4.69) is 15.9 Å². The van der Waals surface area contributed by atoms with Gasteiger partial charge in [0.15, 0.2) is 9.84 Å². The molecule has 0 aliphatic heterocycles. The number of alkyl halides is 1. The van der Waals surface area contributed by atoms with Crippen molar-refractivity contribution >= 4 is 31.5 Å². The zero-order valence-corrected chi connectivity index (χ0v) is 9.61. The third kappa shape index (κ3) is 2.45. The number of hydrogen-bond acceptors (Lipinski definition) is 3. The molecule has 0 amide bonds.